The van der Waals surface area contributed by atoms with E-state index in [1.165, 1.54) is 12.1 Å². The molecule has 1 aromatic carbocycles. The molecule has 1 atom stereocenters. The Morgan fingerprint density at radius 2 is 2.32 bits per heavy atom. The summed E-state index contributed by atoms with van der Waals surface area (Å²) in [6.45, 7) is 1.48. The molecule has 100 valence electrons. The fraction of sp³-hybridized carbons (Fsp3) is 0.357. The third kappa shape index (κ3) is 2.21. The van der Waals surface area contributed by atoms with E-state index in [0.717, 1.165) is 30.4 Å². The largest absolute Gasteiger partial charge is 0.351 e. The van der Waals surface area contributed by atoms with Crippen molar-refractivity contribution < 1.29 is 9.18 Å². The van der Waals surface area contributed by atoms with Crippen LogP contribution in [-0.4, -0.2) is 42.0 Å². The number of nitrogens with zero attached hydrogens (tertiary/aromatic N) is 1. The summed E-state index contributed by atoms with van der Waals surface area (Å²) in [7, 11) is 1.91. The van der Waals surface area contributed by atoms with E-state index in [0.29, 0.717) is 11.7 Å². The van der Waals surface area contributed by atoms with Crippen LogP contribution >= 0.6 is 0 Å². The van der Waals surface area contributed by atoms with Gasteiger partial charge in [0.25, 0.3) is 5.91 Å². The Balaban J connectivity index is 1.86. The average Bonchev–Trinajstić information content (AvgIpc) is 3.03. The van der Waals surface area contributed by atoms with Crippen LogP contribution in [-0.2, 0) is 0 Å². The topological polar surface area (TPSA) is 48.1 Å². The molecule has 0 bridgehead atoms. The lowest BCUT2D eigenvalue weighted by Gasteiger charge is -2.15. The van der Waals surface area contributed by atoms with E-state index in [-0.39, 0.29) is 11.7 Å². The van der Waals surface area contributed by atoms with Crippen molar-refractivity contribution in [2.45, 2.75) is 12.5 Å². The van der Waals surface area contributed by atoms with Crippen molar-refractivity contribution in [2.75, 3.05) is 20.1 Å². The SMILES string of the molecule is CNC1CCN(C(=O)c2cc3cc(F)ccc3[nH]2)C1. The predicted octanol–water partition coefficient (Wildman–Crippen LogP) is 1.74. The van der Waals surface area contributed by atoms with Gasteiger partial charge in [0.2, 0.25) is 0 Å². The molecule has 2 aromatic rings. The molecule has 19 heavy (non-hydrogen) atoms. The van der Waals surface area contributed by atoms with E-state index in [4.69, 9.17) is 0 Å². The van der Waals surface area contributed by atoms with E-state index in [9.17, 15) is 9.18 Å². The highest BCUT2D eigenvalue weighted by atomic mass is 19.1. The molecule has 1 aliphatic rings. The van der Waals surface area contributed by atoms with E-state index in [1.54, 1.807) is 12.1 Å². The third-order valence-corrected chi connectivity index (χ3v) is 3.70. The molecule has 1 unspecified atom stereocenters. The molecule has 1 aliphatic heterocycles. The third-order valence-electron chi connectivity index (χ3n) is 3.70. The maximum absolute atomic E-state index is 13.1. The van der Waals surface area contributed by atoms with Gasteiger partial charge in [0.05, 0.1) is 0 Å². The van der Waals surface area contributed by atoms with Crippen LogP contribution in [0.1, 0.15) is 16.9 Å². The summed E-state index contributed by atoms with van der Waals surface area (Å²) < 4.78 is 13.1. The Morgan fingerprint density at radius 3 is 3.05 bits per heavy atom. The number of benzene rings is 1. The maximum atomic E-state index is 13.1. The lowest BCUT2D eigenvalue weighted by molar-refractivity contribution is 0.0785. The van der Waals surface area contributed by atoms with Crippen LogP contribution in [0, 0.1) is 5.82 Å². The zero-order valence-corrected chi connectivity index (χ0v) is 10.7. The number of halogens is 1. The number of likely N-dealkylation sites (tertiary alicyclic amines) is 1. The smallest absolute Gasteiger partial charge is 0.270 e. The molecular weight excluding hydrogens is 245 g/mol. The van der Waals surface area contributed by atoms with Crippen LogP contribution in [0.5, 0.6) is 0 Å². The van der Waals surface area contributed by atoms with Gasteiger partial charge in [0.15, 0.2) is 0 Å². The van der Waals surface area contributed by atoms with Crippen molar-refractivity contribution in [1.29, 1.82) is 0 Å². The van der Waals surface area contributed by atoms with E-state index in [1.807, 2.05) is 11.9 Å². The van der Waals surface area contributed by atoms with Gasteiger partial charge in [-0.15, -0.1) is 0 Å². The van der Waals surface area contributed by atoms with Crippen molar-refractivity contribution >= 4 is 16.8 Å². The molecule has 0 saturated carbocycles. The summed E-state index contributed by atoms with van der Waals surface area (Å²) in [4.78, 5) is 17.2. The number of aromatic nitrogens is 1. The zero-order valence-electron chi connectivity index (χ0n) is 10.7. The Kier molecular flexibility index (Phi) is 2.98. The van der Waals surface area contributed by atoms with E-state index < -0.39 is 0 Å². The first-order valence-corrected chi connectivity index (χ1v) is 6.42. The van der Waals surface area contributed by atoms with Crippen LogP contribution in [0.15, 0.2) is 24.3 Å². The molecule has 1 fully saturated rings. The molecule has 0 radical (unpaired) electrons. The van der Waals surface area contributed by atoms with Crippen molar-refractivity contribution in [2.24, 2.45) is 0 Å². The number of aromatic amines is 1. The summed E-state index contributed by atoms with van der Waals surface area (Å²) in [6, 6.07) is 6.56. The van der Waals surface area contributed by atoms with Crippen molar-refractivity contribution in [3.63, 3.8) is 0 Å². The monoisotopic (exact) mass is 261 g/mol. The number of hydrogen-bond acceptors (Lipinski definition) is 2. The molecule has 1 amide bonds. The van der Waals surface area contributed by atoms with Gasteiger partial charge < -0.3 is 15.2 Å². The maximum Gasteiger partial charge on any atom is 0.270 e. The van der Waals surface area contributed by atoms with Gasteiger partial charge in [-0.1, -0.05) is 0 Å². The molecule has 3 rings (SSSR count). The summed E-state index contributed by atoms with van der Waals surface area (Å²) >= 11 is 0. The first kappa shape index (κ1) is 12.2. The predicted molar refractivity (Wildman–Crippen MR) is 71.6 cm³/mol. The van der Waals surface area contributed by atoms with Crippen molar-refractivity contribution in [3.8, 4) is 0 Å². The van der Waals surface area contributed by atoms with Crippen molar-refractivity contribution in [1.82, 2.24) is 15.2 Å². The van der Waals surface area contributed by atoms with Crippen molar-refractivity contribution in [3.05, 3.63) is 35.8 Å². The van der Waals surface area contributed by atoms with Gasteiger partial charge >= 0.3 is 0 Å². The van der Waals surface area contributed by atoms with E-state index in [2.05, 4.69) is 10.3 Å². The number of nitrogens with one attached hydrogen (secondary N) is 2. The van der Waals surface area contributed by atoms with Gasteiger partial charge in [0.1, 0.15) is 11.5 Å². The normalized spacial score (nSPS) is 19.3. The second-order valence-corrected chi connectivity index (χ2v) is 4.94. The molecular formula is C14H16FN3O. The van der Waals surface area contributed by atoms with Crippen LogP contribution in [0.3, 0.4) is 0 Å². The number of hydrogen-bond donors (Lipinski definition) is 2. The molecule has 5 heteroatoms. The number of H-pyrrole nitrogens is 1. The minimum Gasteiger partial charge on any atom is -0.351 e. The highest BCUT2D eigenvalue weighted by molar-refractivity contribution is 5.98. The Labute approximate surface area is 110 Å². The summed E-state index contributed by atoms with van der Waals surface area (Å²) in [5.41, 5.74) is 1.31. The molecule has 0 aliphatic carbocycles. The first-order chi connectivity index (χ1) is 9.17. The average molecular weight is 261 g/mol. The fourth-order valence-electron chi connectivity index (χ4n) is 2.57. The quantitative estimate of drug-likeness (QED) is 0.865. The van der Waals surface area contributed by atoms with Gasteiger partial charge in [-0.3, -0.25) is 4.79 Å². The number of amides is 1. The lowest BCUT2D eigenvalue weighted by Crippen LogP contribution is -2.33. The molecule has 1 aromatic heterocycles. The molecule has 2 heterocycles. The van der Waals surface area contributed by atoms with Gasteiger partial charge in [-0.05, 0) is 37.7 Å². The Bertz CT molecular complexity index is 622. The minimum absolute atomic E-state index is 0.0191. The Hall–Kier alpha value is -1.88. The number of likely N-dealkylation sites (N-methyl/N-ethyl adjacent to an activating group) is 1. The molecule has 1 saturated heterocycles. The second kappa shape index (κ2) is 4.66. The van der Waals surface area contributed by atoms with Crippen LogP contribution < -0.4 is 5.32 Å². The number of rotatable bonds is 2. The number of carbonyl (C=O) groups is 1. The van der Waals surface area contributed by atoms with E-state index >= 15 is 0 Å². The standard InChI is InChI=1S/C14H16FN3O/c1-16-11-4-5-18(8-11)14(19)13-7-9-6-10(15)2-3-12(9)17-13/h2-3,6-7,11,16-17H,4-5,8H2,1H3. The van der Waals surface area contributed by atoms with Crippen LogP contribution in [0.25, 0.3) is 10.9 Å². The zero-order chi connectivity index (χ0) is 13.4. The summed E-state index contributed by atoms with van der Waals surface area (Å²) in [6.07, 6.45) is 0.969. The molecule has 0 spiro atoms. The van der Waals surface area contributed by atoms with Crippen LogP contribution in [0.2, 0.25) is 0 Å². The van der Waals surface area contributed by atoms with Gasteiger partial charge in [0, 0.05) is 30.0 Å². The molecule has 4 nitrogen and oxygen atoms in total. The number of carbonyl (C=O) groups excluding carboxylic acids is 1. The summed E-state index contributed by atoms with van der Waals surface area (Å²) in [5, 5.41) is 3.91. The molecule has 2 N–H and O–H groups in total. The highest BCUT2D eigenvalue weighted by Gasteiger charge is 2.26. The highest BCUT2D eigenvalue weighted by Crippen LogP contribution is 2.19. The number of fused-ring (bicyclic) bond motifs is 1. The lowest BCUT2D eigenvalue weighted by atomic mass is 10.2. The van der Waals surface area contributed by atoms with Gasteiger partial charge in [-0.25, -0.2) is 4.39 Å². The second-order valence-electron chi connectivity index (χ2n) is 4.94. The fourth-order valence-corrected chi connectivity index (χ4v) is 2.57. The Morgan fingerprint density at radius 1 is 1.47 bits per heavy atom. The van der Waals surface area contributed by atoms with Gasteiger partial charge in [-0.2, -0.15) is 0 Å². The first-order valence-electron chi connectivity index (χ1n) is 6.42. The minimum atomic E-state index is -0.290. The van der Waals surface area contributed by atoms with Crippen LogP contribution in [0.4, 0.5) is 4.39 Å². The summed E-state index contributed by atoms with van der Waals surface area (Å²) in [5.74, 6) is -0.309.